The number of hydrogen-bond donors (Lipinski definition) is 1. The standard InChI is InChI=1S/C14H32NO.C7H8O3S/c1-4-6-8-9-11-13-15(3,14-16)12-10-7-5-2;1-6-2-4-7(5-3-6)11(8,9)10/h16H,4-14H2,1-3H3;2-5H,1H3,(H,8,9,10)/q+1;/p-1. The quantitative estimate of drug-likeness (QED) is 0.243. The van der Waals surface area contributed by atoms with Gasteiger partial charge in [0.15, 0.2) is 6.73 Å². The van der Waals surface area contributed by atoms with Crippen LogP contribution < -0.4 is 0 Å². The van der Waals surface area contributed by atoms with Crippen molar-refractivity contribution in [1.29, 1.82) is 0 Å². The van der Waals surface area contributed by atoms with E-state index in [0.717, 1.165) is 23.1 Å². The third-order valence-electron chi connectivity index (χ3n) is 4.75. The molecular weight excluding hydrogens is 362 g/mol. The van der Waals surface area contributed by atoms with Gasteiger partial charge in [-0.2, -0.15) is 0 Å². The van der Waals surface area contributed by atoms with Crippen LogP contribution in [0.3, 0.4) is 0 Å². The van der Waals surface area contributed by atoms with E-state index in [4.69, 9.17) is 0 Å². The largest absolute Gasteiger partial charge is 0.744 e. The first-order chi connectivity index (χ1) is 12.7. The van der Waals surface area contributed by atoms with Gasteiger partial charge < -0.3 is 14.1 Å². The number of unbranched alkanes of at least 4 members (excludes halogenated alkanes) is 6. The number of rotatable bonds is 12. The van der Waals surface area contributed by atoms with Crippen LogP contribution in [0.4, 0.5) is 0 Å². The molecule has 0 amide bonds. The molecule has 1 rings (SSSR count). The molecule has 0 saturated heterocycles. The second-order valence-electron chi connectivity index (χ2n) is 7.60. The topological polar surface area (TPSA) is 77.4 Å². The Balaban J connectivity index is 0.000000533. The summed E-state index contributed by atoms with van der Waals surface area (Å²) in [5.41, 5.74) is 0.928. The van der Waals surface area contributed by atoms with E-state index in [0.29, 0.717) is 6.73 Å². The number of hydrogen-bond acceptors (Lipinski definition) is 4. The molecule has 0 aliphatic heterocycles. The summed E-state index contributed by atoms with van der Waals surface area (Å²) in [4.78, 5) is -0.178. The first-order valence-electron chi connectivity index (χ1n) is 10.2. The van der Waals surface area contributed by atoms with Crippen LogP contribution in [0.5, 0.6) is 0 Å². The van der Waals surface area contributed by atoms with Gasteiger partial charge in [-0.1, -0.05) is 57.2 Å². The molecule has 1 atom stereocenters. The van der Waals surface area contributed by atoms with Gasteiger partial charge in [-0.3, -0.25) is 0 Å². The number of nitrogens with zero attached hydrogens (tertiary/aromatic N) is 1. The normalized spacial score (nSPS) is 13.6. The SMILES string of the molecule is CCCCCCC[N+](C)(CO)CCCCC.Cc1ccc(S(=O)(=O)[O-])cc1. The lowest BCUT2D eigenvalue weighted by Gasteiger charge is -2.32. The molecule has 6 heteroatoms. The average molecular weight is 402 g/mol. The van der Waals surface area contributed by atoms with E-state index in [-0.39, 0.29) is 4.90 Å². The highest BCUT2D eigenvalue weighted by Gasteiger charge is 2.18. The van der Waals surface area contributed by atoms with Gasteiger partial charge in [-0.05, 0) is 44.7 Å². The number of aryl methyl sites for hydroxylation is 1. The van der Waals surface area contributed by atoms with Crippen molar-refractivity contribution in [2.75, 3.05) is 26.9 Å². The fraction of sp³-hybridized carbons (Fsp3) is 0.714. The van der Waals surface area contributed by atoms with E-state index in [1.807, 2.05) is 6.92 Å². The van der Waals surface area contributed by atoms with E-state index < -0.39 is 10.1 Å². The van der Waals surface area contributed by atoms with Crippen molar-refractivity contribution in [3.05, 3.63) is 29.8 Å². The summed E-state index contributed by atoms with van der Waals surface area (Å²) < 4.78 is 32.0. The molecule has 0 fully saturated rings. The molecule has 5 nitrogen and oxygen atoms in total. The summed E-state index contributed by atoms with van der Waals surface area (Å²) in [5.74, 6) is 0. The summed E-state index contributed by atoms with van der Waals surface area (Å²) in [6.45, 7) is 8.88. The first-order valence-corrected chi connectivity index (χ1v) is 11.6. The molecule has 158 valence electrons. The maximum Gasteiger partial charge on any atom is 0.180 e. The van der Waals surface area contributed by atoms with Crippen molar-refractivity contribution < 1.29 is 22.6 Å². The maximum absolute atomic E-state index is 10.4. The lowest BCUT2D eigenvalue weighted by Crippen LogP contribution is -2.46. The Morgan fingerprint density at radius 2 is 1.33 bits per heavy atom. The Labute approximate surface area is 166 Å². The molecule has 0 radical (unpaired) electrons. The minimum Gasteiger partial charge on any atom is -0.744 e. The van der Waals surface area contributed by atoms with Crippen molar-refractivity contribution in [1.82, 2.24) is 0 Å². The summed E-state index contributed by atoms with van der Waals surface area (Å²) in [7, 11) is -2.08. The Morgan fingerprint density at radius 3 is 1.78 bits per heavy atom. The van der Waals surface area contributed by atoms with E-state index in [9.17, 15) is 18.1 Å². The third-order valence-corrected chi connectivity index (χ3v) is 5.60. The summed E-state index contributed by atoms with van der Waals surface area (Å²) in [5, 5.41) is 9.46. The van der Waals surface area contributed by atoms with E-state index in [2.05, 4.69) is 20.9 Å². The number of aliphatic hydroxyl groups is 1. The van der Waals surface area contributed by atoms with Gasteiger partial charge in [-0.25, -0.2) is 8.42 Å². The predicted molar refractivity (Wildman–Crippen MR) is 110 cm³/mol. The Morgan fingerprint density at radius 1 is 0.889 bits per heavy atom. The van der Waals surface area contributed by atoms with Crippen LogP contribution in [0.2, 0.25) is 0 Å². The van der Waals surface area contributed by atoms with Gasteiger partial charge in [0.25, 0.3) is 0 Å². The second kappa shape index (κ2) is 14.1. The zero-order valence-corrected chi connectivity index (χ0v) is 18.4. The Bertz CT molecular complexity index is 587. The maximum atomic E-state index is 10.4. The molecule has 0 aromatic heterocycles. The fourth-order valence-corrected chi connectivity index (χ4v) is 3.27. The minimum absolute atomic E-state index is 0.178. The first kappa shape index (κ1) is 26.1. The molecule has 1 aromatic carbocycles. The van der Waals surface area contributed by atoms with E-state index in [1.165, 1.54) is 63.5 Å². The highest BCUT2D eigenvalue weighted by molar-refractivity contribution is 7.85. The van der Waals surface area contributed by atoms with Crippen molar-refractivity contribution in [2.45, 2.75) is 77.0 Å². The van der Waals surface area contributed by atoms with Crippen LogP contribution in [0.1, 0.15) is 70.8 Å². The Kier molecular flexibility index (Phi) is 13.6. The van der Waals surface area contributed by atoms with Gasteiger partial charge in [0, 0.05) is 0 Å². The van der Waals surface area contributed by atoms with E-state index in [1.54, 1.807) is 12.1 Å². The third kappa shape index (κ3) is 13.0. The number of quaternary nitrogens is 1. The predicted octanol–water partition coefficient (Wildman–Crippen LogP) is 4.44. The van der Waals surface area contributed by atoms with Crippen LogP contribution in [0.25, 0.3) is 0 Å². The molecule has 0 spiro atoms. The zero-order chi connectivity index (χ0) is 20.8. The van der Waals surface area contributed by atoms with Crippen molar-refractivity contribution in [3.63, 3.8) is 0 Å². The smallest absolute Gasteiger partial charge is 0.180 e. The molecular formula is C21H39NO4S. The van der Waals surface area contributed by atoms with Gasteiger partial charge in [-0.15, -0.1) is 0 Å². The lowest BCUT2D eigenvalue weighted by atomic mass is 10.1. The lowest BCUT2D eigenvalue weighted by molar-refractivity contribution is -0.927. The monoisotopic (exact) mass is 401 g/mol. The van der Waals surface area contributed by atoms with E-state index >= 15 is 0 Å². The summed E-state index contributed by atoms with van der Waals surface area (Å²) in [6.07, 6.45) is 10.4. The molecule has 0 heterocycles. The van der Waals surface area contributed by atoms with Crippen molar-refractivity contribution >= 4 is 10.1 Å². The van der Waals surface area contributed by atoms with Crippen molar-refractivity contribution in [3.8, 4) is 0 Å². The van der Waals surface area contributed by atoms with Crippen LogP contribution >= 0.6 is 0 Å². The number of benzene rings is 1. The van der Waals surface area contributed by atoms with Gasteiger partial charge in [0.1, 0.15) is 10.1 Å². The number of aliphatic hydroxyl groups excluding tert-OH is 1. The molecule has 0 saturated carbocycles. The molecule has 1 aromatic rings. The van der Waals surface area contributed by atoms with Crippen LogP contribution in [-0.2, 0) is 10.1 Å². The Hall–Kier alpha value is -0.950. The summed E-state index contributed by atoms with van der Waals surface area (Å²) >= 11 is 0. The van der Waals surface area contributed by atoms with Gasteiger partial charge in [0.05, 0.1) is 25.0 Å². The minimum atomic E-state index is -4.27. The highest BCUT2D eigenvalue weighted by atomic mass is 32.2. The van der Waals surface area contributed by atoms with Crippen molar-refractivity contribution in [2.24, 2.45) is 0 Å². The van der Waals surface area contributed by atoms with Crippen LogP contribution in [0, 0.1) is 6.92 Å². The second-order valence-corrected chi connectivity index (χ2v) is 8.98. The highest BCUT2D eigenvalue weighted by Crippen LogP contribution is 2.11. The van der Waals surface area contributed by atoms with Crippen LogP contribution in [-0.4, -0.2) is 49.4 Å². The zero-order valence-electron chi connectivity index (χ0n) is 17.6. The molecule has 0 bridgehead atoms. The van der Waals surface area contributed by atoms with Gasteiger partial charge in [0.2, 0.25) is 0 Å². The molecule has 1 unspecified atom stereocenters. The molecule has 27 heavy (non-hydrogen) atoms. The summed E-state index contributed by atoms with van der Waals surface area (Å²) in [6, 6.07) is 5.78. The van der Waals surface area contributed by atoms with Crippen LogP contribution in [0.15, 0.2) is 29.2 Å². The molecule has 1 N–H and O–H groups in total. The average Bonchev–Trinajstić information content (AvgIpc) is 2.62. The molecule has 0 aliphatic carbocycles. The molecule has 0 aliphatic rings. The van der Waals surface area contributed by atoms with Gasteiger partial charge >= 0.3 is 0 Å². The fourth-order valence-electron chi connectivity index (χ4n) is 2.80.